The summed E-state index contributed by atoms with van der Waals surface area (Å²) in [4.78, 5) is 11.4. The summed E-state index contributed by atoms with van der Waals surface area (Å²) >= 11 is 1.13. The molecule has 0 aromatic heterocycles. The van der Waals surface area contributed by atoms with Crippen molar-refractivity contribution in [2.45, 2.75) is 12.0 Å². The van der Waals surface area contributed by atoms with Crippen LogP contribution in [0.4, 0.5) is 0 Å². The van der Waals surface area contributed by atoms with Gasteiger partial charge < -0.3 is 14.6 Å². The van der Waals surface area contributed by atoms with E-state index >= 15 is 0 Å². The number of carboxylic acids is 1. The molecule has 3 aromatic rings. The quantitative estimate of drug-likeness (QED) is 0.630. The number of hydrogen-bond acceptors (Lipinski definition) is 4. The lowest BCUT2D eigenvalue weighted by Gasteiger charge is -2.18. The maximum Gasteiger partial charge on any atom is 0.355 e. The summed E-state index contributed by atoms with van der Waals surface area (Å²) in [5.74, 6) is -0.0342. The molecule has 5 heteroatoms. The summed E-state index contributed by atoms with van der Waals surface area (Å²) in [7, 11) is 0. The van der Waals surface area contributed by atoms with Crippen LogP contribution in [0.1, 0.15) is 5.56 Å². The van der Waals surface area contributed by atoms with E-state index in [1.54, 1.807) is 6.26 Å². The highest BCUT2D eigenvalue weighted by molar-refractivity contribution is 7.99. The van der Waals surface area contributed by atoms with Gasteiger partial charge in [0.1, 0.15) is 6.61 Å². The summed E-state index contributed by atoms with van der Waals surface area (Å²) in [6.45, 7) is 0.381. The van der Waals surface area contributed by atoms with Gasteiger partial charge in [-0.05, 0) is 23.3 Å². The van der Waals surface area contributed by atoms with Crippen molar-refractivity contribution in [1.82, 2.24) is 0 Å². The fourth-order valence-corrected chi connectivity index (χ4v) is 2.89. The first-order valence-corrected chi connectivity index (χ1v) is 9.08. The fraction of sp³-hybridized carbons (Fsp3) is 0.150. The molecule has 0 heterocycles. The molecule has 4 nitrogen and oxygen atoms in total. The number of thioether (sulfide) groups is 1. The largest absolute Gasteiger partial charge is 0.485 e. The maximum absolute atomic E-state index is 11.4. The topological polar surface area (TPSA) is 55.8 Å². The molecule has 1 N–H and O–H groups in total. The predicted molar refractivity (Wildman–Crippen MR) is 100 cm³/mol. The zero-order chi connectivity index (χ0) is 17.6. The molecule has 0 spiro atoms. The Morgan fingerprint density at radius 1 is 1.04 bits per heavy atom. The molecular formula is C20H18O4S. The number of benzene rings is 3. The van der Waals surface area contributed by atoms with E-state index in [-0.39, 0.29) is 0 Å². The molecule has 0 aliphatic carbocycles. The SMILES string of the molecule is CSC(Oc1c(OCc2ccccc2)ccc2ccccc12)C(=O)O. The van der Waals surface area contributed by atoms with Crippen LogP contribution in [-0.2, 0) is 11.4 Å². The minimum atomic E-state index is -1.02. The average Bonchev–Trinajstić information content (AvgIpc) is 2.65. The average molecular weight is 354 g/mol. The summed E-state index contributed by atoms with van der Waals surface area (Å²) in [6, 6.07) is 21.2. The third-order valence-corrected chi connectivity index (χ3v) is 4.45. The third-order valence-electron chi connectivity index (χ3n) is 3.72. The second kappa shape index (κ2) is 7.94. The molecule has 3 aromatic carbocycles. The third kappa shape index (κ3) is 4.06. The zero-order valence-corrected chi connectivity index (χ0v) is 14.5. The molecule has 1 unspecified atom stereocenters. The Kier molecular flexibility index (Phi) is 5.46. The molecule has 0 bridgehead atoms. The van der Waals surface area contributed by atoms with E-state index in [1.165, 1.54) is 0 Å². The van der Waals surface area contributed by atoms with Gasteiger partial charge in [0, 0.05) is 5.39 Å². The summed E-state index contributed by atoms with van der Waals surface area (Å²) < 4.78 is 11.7. The van der Waals surface area contributed by atoms with Crippen molar-refractivity contribution < 1.29 is 19.4 Å². The Hall–Kier alpha value is -2.66. The summed E-state index contributed by atoms with van der Waals surface area (Å²) in [5.41, 5.74) is 0.0335. The van der Waals surface area contributed by atoms with Gasteiger partial charge in [-0.2, -0.15) is 0 Å². The Balaban J connectivity index is 1.96. The van der Waals surface area contributed by atoms with E-state index in [0.29, 0.717) is 18.1 Å². The van der Waals surface area contributed by atoms with Crippen molar-refractivity contribution >= 4 is 28.5 Å². The molecule has 0 aliphatic rings. The van der Waals surface area contributed by atoms with Crippen LogP contribution in [0.5, 0.6) is 11.5 Å². The molecule has 0 fully saturated rings. The van der Waals surface area contributed by atoms with Crippen LogP contribution >= 0.6 is 11.8 Å². The van der Waals surface area contributed by atoms with Gasteiger partial charge in [0.2, 0.25) is 5.44 Å². The number of hydrogen-bond donors (Lipinski definition) is 1. The van der Waals surface area contributed by atoms with E-state index < -0.39 is 11.4 Å². The van der Waals surface area contributed by atoms with Crippen LogP contribution in [0.25, 0.3) is 10.8 Å². The number of ether oxygens (including phenoxy) is 2. The first kappa shape index (κ1) is 17.2. The van der Waals surface area contributed by atoms with E-state index in [1.807, 2.05) is 66.7 Å². The summed E-state index contributed by atoms with van der Waals surface area (Å²) in [6.07, 6.45) is 1.70. The van der Waals surface area contributed by atoms with E-state index in [4.69, 9.17) is 9.47 Å². The van der Waals surface area contributed by atoms with Crippen LogP contribution in [0, 0.1) is 0 Å². The van der Waals surface area contributed by atoms with Crippen LogP contribution in [0.15, 0.2) is 66.7 Å². The monoisotopic (exact) mass is 354 g/mol. The standard InChI is InChI=1S/C20H18O4S/c1-25-20(19(21)22)24-18-16-10-6-5-9-15(16)11-12-17(18)23-13-14-7-3-2-4-8-14/h2-12,20H,13H2,1H3,(H,21,22). The van der Waals surface area contributed by atoms with Crippen molar-refractivity contribution in [3.8, 4) is 11.5 Å². The second-order valence-electron chi connectivity index (χ2n) is 5.41. The fourth-order valence-electron chi connectivity index (χ4n) is 2.50. The smallest absolute Gasteiger partial charge is 0.355 e. The molecule has 25 heavy (non-hydrogen) atoms. The van der Waals surface area contributed by atoms with Gasteiger partial charge in [-0.25, -0.2) is 4.79 Å². The first-order valence-electron chi connectivity index (χ1n) is 7.80. The Morgan fingerprint density at radius 2 is 1.76 bits per heavy atom. The van der Waals surface area contributed by atoms with Gasteiger partial charge in [0.25, 0.3) is 0 Å². The Labute approximate surface area is 150 Å². The lowest BCUT2D eigenvalue weighted by atomic mass is 10.1. The van der Waals surface area contributed by atoms with Crippen LogP contribution in [-0.4, -0.2) is 22.8 Å². The molecule has 0 saturated heterocycles. The minimum Gasteiger partial charge on any atom is -0.485 e. The molecule has 1 atom stereocenters. The highest BCUT2D eigenvalue weighted by Gasteiger charge is 2.21. The van der Waals surface area contributed by atoms with E-state index in [2.05, 4.69) is 0 Å². The highest BCUT2D eigenvalue weighted by Crippen LogP contribution is 2.37. The van der Waals surface area contributed by atoms with Gasteiger partial charge >= 0.3 is 5.97 Å². The molecular weight excluding hydrogens is 336 g/mol. The number of aliphatic carboxylic acids is 1. The van der Waals surface area contributed by atoms with Crippen molar-refractivity contribution in [2.24, 2.45) is 0 Å². The van der Waals surface area contributed by atoms with Gasteiger partial charge in [0.05, 0.1) is 0 Å². The second-order valence-corrected chi connectivity index (χ2v) is 6.31. The van der Waals surface area contributed by atoms with Crippen molar-refractivity contribution in [1.29, 1.82) is 0 Å². The molecule has 128 valence electrons. The summed E-state index contributed by atoms with van der Waals surface area (Å²) in [5, 5.41) is 11.1. The number of carbonyl (C=O) groups is 1. The van der Waals surface area contributed by atoms with Crippen LogP contribution in [0.3, 0.4) is 0 Å². The zero-order valence-electron chi connectivity index (χ0n) is 13.7. The Bertz CT molecular complexity index is 864. The van der Waals surface area contributed by atoms with E-state index in [0.717, 1.165) is 28.1 Å². The van der Waals surface area contributed by atoms with Crippen LogP contribution < -0.4 is 9.47 Å². The molecule has 0 radical (unpaired) electrons. The number of fused-ring (bicyclic) bond motifs is 1. The molecule has 0 saturated carbocycles. The first-order chi connectivity index (χ1) is 12.2. The normalized spacial score (nSPS) is 11.9. The van der Waals surface area contributed by atoms with Crippen molar-refractivity contribution in [3.05, 3.63) is 72.3 Å². The molecule has 3 rings (SSSR count). The Morgan fingerprint density at radius 3 is 2.48 bits per heavy atom. The molecule has 0 aliphatic heterocycles. The molecule has 0 amide bonds. The number of carboxylic acid groups (broad SMARTS) is 1. The van der Waals surface area contributed by atoms with Gasteiger partial charge in [-0.15, -0.1) is 11.8 Å². The maximum atomic E-state index is 11.4. The lowest BCUT2D eigenvalue weighted by molar-refractivity contribution is -0.140. The van der Waals surface area contributed by atoms with E-state index in [9.17, 15) is 9.90 Å². The van der Waals surface area contributed by atoms with Crippen molar-refractivity contribution in [3.63, 3.8) is 0 Å². The van der Waals surface area contributed by atoms with Gasteiger partial charge in [-0.3, -0.25) is 0 Å². The highest BCUT2D eigenvalue weighted by atomic mass is 32.2. The van der Waals surface area contributed by atoms with Gasteiger partial charge in [-0.1, -0.05) is 60.7 Å². The minimum absolute atomic E-state index is 0.381. The number of rotatable bonds is 7. The van der Waals surface area contributed by atoms with Crippen LogP contribution in [0.2, 0.25) is 0 Å². The predicted octanol–water partition coefficient (Wildman–Crippen LogP) is 4.57. The van der Waals surface area contributed by atoms with Crippen molar-refractivity contribution in [2.75, 3.05) is 6.26 Å². The lowest BCUT2D eigenvalue weighted by Crippen LogP contribution is -2.23. The van der Waals surface area contributed by atoms with Gasteiger partial charge in [0.15, 0.2) is 11.5 Å².